The van der Waals surface area contributed by atoms with E-state index >= 15 is 0 Å². The molecular formula is C15H19BrN2O. The molecular weight excluding hydrogens is 304 g/mol. The van der Waals surface area contributed by atoms with Gasteiger partial charge in [0.25, 0.3) is 0 Å². The van der Waals surface area contributed by atoms with Crippen LogP contribution in [0.4, 0.5) is 5.69 Å². The summed E-state index contributed by atoms with van der Waals surface area (Å²) in [6.45, 7) is 4.76. The van der Waals surface area contributed by atoms with E-state index in [1.165, 1.54) is 0 Å². The molecule has 0 bridgehead atoms. The number of alkyl halides is 1. The molecule has 0 amide bonds. The number of benzene rings is 1. The fourth-order valence-corrected chi connectivity index (χ4v) is 2.88. The Morgan fingerprint density at radius 1 is 1.42 bits per heavy atom. The smallest absolute Gasteiger partial charge is 0.101 e. The molecule has 0 spiro atoms. The van der Waals surface area contributed by atoms with Crippen molar-refractivity contribution >= 4 is 21.6 Å². The maximum absolute atomic E-state index is 9.29. The van der Waals surface area contributed by atoms with Gasteiger partial charge in [0.1, 0.15) is 6.07 Å². The number of anilines is 1. The van der Waals surface area contributed by atoms with Crippen molar-refractivity contribution in [1.29, 1.82) is 5.26 Å². The summed E-state index contributed by atoms with van der Waals surface area (Å²) >= 11 is 3.43. The van der Waals surface area contributed by atoms with Crippen molar-refractivity contribution < 1.29 is 4.74 Å². The topological polar surface area (TPSA) is 36.3 Å². The van der Waals surface area contributed by atoms with Crippen molar-refractivity contribution in [1.82, 2.24) is 0 Å². The highest BCUT2D eigenvalue weighted by Gasteiger charge is 2.21. The first-order valence-electron chi connectivity index (χ1n) is 6.74. The Bertz CT molecular complexity index is 462. The van der Waals surface area contributed by atoms with E-state index in [2.05, 4.69) is 39.0 Å². The van der Waals surface area contributed by atoms with Crippen LogP contribution in [0, 0.1) is 11.3 Å². The van der Waals surface area contributed by atoms with E-state index in [1.54, 1.807) is 0 Å². The predicted octanol–water partition coefficient (Wildman–Crippen LogP) is 3.46. The first kappa shape index (κ1) is 14.4. The maximum atomic E-state index is 9.29. The normalized spacial score (nSPS) is 16.4. The number of hydrogen-bond donors (Lipinski definition) is 0. The average molecular weight is 323 g/mol. The van der Waals surface area contributed by atoms with Crippen molar-refractivity contribution in [3.63, 3.8) is 0 Å². The van der Waals surface area contributed by atoms with Crippen LogP contribution < -0.4 is 4.90 Å². The van der Waals surface area contributed by atoms with Crippen molar-refractivity contribution in [2.45, 2.75) is 31.2 Å². The van der Waals surface area contributed by atoms with Gasteiger partial charge in [-0.25, -0.2) is 0 Å². The van der Waals surface area contributed by atoms with Crippen LogP contribution >= 0.6 is 15.9 Å². The molecule has 0 N–H and O–H groups in total. The third-order valence-electron chi connectivity index (χ3n) is 3.52. The lowest BCUT2D eigenvalue weighted by atomic mass is 10.0. The fourth-order valence-electron chi connectivity index (χ4n) is 2.53. The number of halogens is 1. The summed E-state index contributed by atoms with van der Waals surface area (Å²) in [7, 11) is 0. The average Bonchev–Trinajstić information content (AvgIpc) is 2.48. The van der Waals surface area contributed by atoms with Gasteiger partial charge in [-0.1, -0.05) is 22.0 Å². The minimum absolute atomic E-state index is 0.383. The van der Waals surface area contributed by atoms with Crippen LogP contribution in [0.25, 0.3) is 0 Å². The van der Waals surface area contributed by atoms with Crippen molar-refractivity contribution in [2.75, 3.05) is 24.6 Å². The zero-order chi connectivity index (χ0) is 13.7. The van der Waals surface area contributed by atoms with Crippen LogP contribution in [0.3, 0.4) is 0 Å². The highest BCUT2D eigenvalue weighted by Crippen LogP contribution is 2.26. The molecule has 1 aliphatic rings. The summed E-state index contributed by atoms with van der Waals surface area (Å²) in [6.07, 6.45) is 2.46. The molecule has 3 nitrogen and oxygen atoms in total. The van der Waals surface area contributed by atoms with Gasteiger partial charge in [-0.2, -0.15) is 5.26 Å². The molecule has 1 aromatic carbocycles. The molecule has 0 unspecified atom stereocenters. The van der Waals surface area contributed by atoms with Crippen LogP contribution in [0.2, 0.25) is 0 Å². The second-order valence-corrected chi connectivity index (χ2v) is 5.30. The van der Waals surface area contributed by atoms with E-state index in [4.69, 9.17) is 4.74 Å². The standard InChI is InChI=1S/C15H19BrN2O/c1-2-19-14-5-7-18(8-6-14)15-4-3-12(10-16)9-13(15)11-17/h3-4,9,14H,2,5-8,10H2,1H3. The lowest BCUT2D eigenvalue weighted by molar-refractivity contribution is 0.0459. The van der Waals surface area contributed by atoms with Crippen LogP contribution in [-0.2, 0) is 10.1 Å². The molecule has 2 rings (SSSR count). The maximum Gasteiger partial charge on any atom is 0.101 e. The van der Waals surface area contributed by atoms with Gasteiger partial charge in [0.2, 0.25) is 0 Å². The van der Waals surface area contributed by atoms with Crippen molar-refractivity contribution in [2.24, 2.45) is 0 Å². The number of nitrogens with zero attached hydrogens (tertiary/aromatic N) is 2. The summed E-state index contributed by atoms with van der Waals surface area (Å²) in [5, 5.41) is 10.1. The fraction of sp³-hybridized carbons (Fsp3) is 0.533. The number of ether oxygens (including phenoxy) is 1. The summed E-state index contributed by atoms with van der Waals surface area (Å²) in [5.41, 5.74) is 2.97. The molecule has 4 heteroatoms. The highest BCUT2D eigenvalue weighted by atomic mass is 79.9. The molecule has 0 saturated carbocycles. The Hall–Kier alpha value is -1.05. The lowest BCUT2D eigenvalue weighted by Gasteiger charge is -2.34. The summed E-state index contributed by atoms with van der Waals surface area (Å²) in [6, 6.07) is 8.43. The van der Waals surface area contributed by atoms with E-state index in [0.717, 1.165) is 54.7 Å². The van der Waals surface area contributed by atoms with Gasteiger partial charge in [-0.15, -0.1) is 0 Å². The van der Waals surface area contributed by atoms with Gasteiger partial charge in [0.15, 0.2) is 0 Å². The van der Waals surface area contributed by atoms with Crippen molar-refractivity contribution in [3.8, 4) is 6.07 Å². The summed E-state index contributed by atoms with van der Waals surface area (Å²) in [4.78, 5) is 2.30. The van der Waals surface area contributed by atoms with Crippen LogP contribution in [-0.4, -0.2) is 25.8 Å². The van der Waals surface area contributed by atoms with Crippen LogP contribution in [0.5, 0.6) is 0 Å². The monoisotopic (exact) mass is 322 g/mol. The predicted molar refractivity (Wildman–Crippen MR) is 80.6 cm³/mol. The third-order valence-corrected chi connectivity index (χ3v) is 4.17. The molecule has 0 aliphatic carbocycles. The molecule has 1 aliphatic heterocycles. The Morgan fingerprint density at radius 3 is 2.74 bits per heavy atom. The zero-order valence-electron chi connectivity index (χ0n) is 11.2. The molecule has 19 heavy (non-hydrogen) atoms. The lowest BCUT2D eigenvalue weighted by Crippen LogP contribution is -2.37. The second kappa shape index (κ2) is 6.93. The minimum Gasteiger partial charge on any atom is -0.378 e. The number of piperidine rings is 1. The molecule has 0 aromatic heterocycles. The second-order valence-electron chi connectivity index (χ2n) is 4.74. The molecule has 102 valence electrons. The molecule has 1 aromatic rings. The van der Waals surface area contributed by atoms with E-state index in [9.17, 15) is 5.26 Å². The Balaban J connectivity index is 2.09. The summed E-state index contributed by atoms with van der Waals surface area (Å²) in [5.74, 6) is 0. The zero-order valence-corrected chi connectivity index (χ0v) is 12.8. The quantitative estimate of drug-likeness (QED) is 0.796. The number of rotatable bonds is 4. The SMILES string of the molecule is CCOC1CCN(c2ccc(CBr)cc2C#N)CC1. The van der Waals surface area contributed by atoms with Gasteiger partial charge < -0.3 is 9.64 Å². The van der Waals surface area contributed by atoms with Crippen LogP contribution in [0.15, 0.2) is 18.2 Å². The first-order chi connectivity index (χ1) is 9.28. The molecule has 1 fully saturated rings. The van der Waals surface area contributed by atoms with E-state index in [1.807, 2.05) is 13.0 Å². The van der Waals surface area contributed by atoms with E-state index in [0.29, 0.717) is 6.10 Å². The third kappa shape index (κ3) is 3.49. The molecule has 1 heterocycles. The Labute approximate surface area is 123 Å². The van der Waals surface area contributed by atoms with E-state index < -0.39 is 0 Å². The van der Waals surface area contributed by atoms with E-state index in [-0.39, 0.29) is 0 Å². The van der Waals surface area contributed by atoms with Gasteiger partial charge in [0, 0.05) is 25.0 Å². The van der Waals surface area contributed by atoms with Gasteiger partial charge in [-0.05, 0) is 37.5 Å². The highest BCUT2D eigenvalue weighted by molar-refractivity contribution is 9.08. The summed E-state index contributed by atoms with van der Waals surface area (Å²) < 4.78 is 5.66. The number of hydrogen-bond acceptors (Lipinski definition) is 3. The largest absolute Gasteiger partial charge is 0.378 e. The molecule has 1 saturated heterocycles. The van der Waals surface area contributed by atoms with Gasteiger partial charge in [0.05, 0.1) is 17.4 Å². The minimum atomic E-state index is 0.383. The molecule has 0 atom stereocenters. The van der Waals surface area contributed by atoms with Gasteiger partial charge >= 0.3 is 0 Å². The first-order valence-corrected chi connectivity index (χ1v) is 7.86. The Morgan fingerprint density at radius 2 is 2.16 bits per heavy atom. The van der Waals surface area contributed by atoms with Crippen molar-refractivity contribution in [3.05, 3.63) is 29.3 Å². The van der Waals surface area contributed by atoms with Gasteiger partial charge in [-0.3, -0.25) is 0 Å². The molecule has 0 radical (unpaired) electrons. The van der Waals surface area contributed by atoms with Crippen LogP contribution in [0.1, 0.15) is 30.9 Å². The number of nitriles is 1. The Kier molecular flexibility index (Phi) is 5.24.